The van der Waals surface area contributed by atoms with Crippen LogP contribution in [0, 0.1) is 46.8 Å². The molecule has 22 nitrogen and oxygen atoms in total. The van der Waals surface area contributed by atoms with Gasteiger partial charge in [0.25, 0.3) is 0 Å². The minimum Gasteiger partial charge on any atom is -0.481 e. The Hall–Kier alpha value is -2.68. The number of ketones is 2. The number of fused-ring (bicyclic) bond motifs is 2. The lowest BCUT2D eigenvalue weighted by molar-refractivity contribution is -0.161. The van der Waals surface area contributed by atoms with Gasteiger partial charge in [-0.1, -0.05) is 119 Å². The largest absolute Gasteiger partial charge is 0.481 e. The molecule has 3 rings (SSSR count). The van der Waals surface area contributed by atoms with Crippen molar-refractivity contribution < 1.29 is 103 Å². The van der Waals surface area contributed by atoms with E-state index in [1.165, 1.54) is 82.5 Å². The van der Waals surface area contributed by atoms with Gasteiger partial charge in [-0.2, -0.15) is 0 Å². The SMILES string of the molecule is C.CCCC[Si](C)(C)O[Si](C)(C)CCCOCCOC(=O)C1C2C=CC(C2)C1C(=O)O.CCCC[Si](C)(C)O[Si](C)(C)CCCOCCOC(=O)C1CCC(C)CC1C(=O)O.CCCC[Si](C)(C)O[Si](C)(C)CCCOCCOC(=O)CC(C)(C)CC(C)=O.CCCC[Si](C)(C)O[Si](C)(C)CCCOCCOC(=O)CCCC(C)=O. The summed E-state index contributed by atoms with van der Waals surface area (Å²) in [5.41, 5.74) is -0.353. The Morgan fingerprint density at radius 3 is 1.00 bits per heavy atom. The van der Waals surface area contributed by atoms with Gasteiger partial charge in [0.2, 0.25) is 0 Å². The van der Waals surface area contributed by atoms with Gasteiger partial charge >= 0.3 is 35.8 Å². The van der Waals surface area contributed by atoms with E-state index < -0.39 is 108 Å². The smallest absolute Gasteiger partial charge is 0.310 e. The van der Waals surface area contributed by atoms with E-state index in [-0.39, 0.29) is 87.0 Å². The lowest BCUT2D eigenvalue weighted by atomic mass is 9.74. The highest BCUT2D eigenvalue weighted by Gasteiger charge is 2.52. The van der Waals surface area contributed by atoms with E-state index in [2.05, 4.69) is 132 Å². The summed E-state index contributed by atoms with van der Waals surface area (Å²) in [6, 6.07) is 9.25. The summed E-state index contributed by atoms with van der Waals surface area (Å²) in [5.74, 6) is -4.95. The third-order valence-corrected chi connectivity index (χ3v) is 51.1. The topological polar surface area (TPSA) is 288 Å². The minimum atomic E-state index is -1.68. The van der Waals surface area contributed by atoms with Crippen LogP contribution in [0.15, 0.2) is 12.2 Å². The van der Waals surface area contributed by atoms with Gasteiger partial charge < -0.3 is 74.2 Å². The predicted molar refractivity (Wildman–Crippen MR) is 486 cm³/mol. The predicted octanol–water partition coefficient (Wildman–Crippen LogP) is 21.1. The van der Waals surface area contributed by atoms with Crippen molar-refractivity contribution in [2.75, 3.05) is 79.3 Å². The molecule has 2 bridgehead atoms. The molecule has 0 aromatic carbocycles. The molecular formula is C85H172O22Si8. The Morgan fingerprint density at radius 1 is 0.357 bits per heavy atom. The van der Waals surface area contributed by atoms with Crippen LogP contribution >= 0.6 is 0 Å². The zero-order valence-electron chi connectivity index (χ0n) is 76.7. The number of carbonyl (C=O) groups is 8. The number of carboxylic acid groups (broad SMARTS) is 2. The van der Waals surface area contributed by atoms with Crippen molar-refractivity contribution in [1.82, 2.24) is 0 Å². The van der Waals surface area contributed by atoms with Crippen LogP contribution < -0.4 is 0 Å². The first-order valence-corrected chi connectivity index (χ1v) is 68.7. The van der Waals surface area contributed by atoms with Crippen molar-refractivity contribution in [2.24, 2.45) is 46.8 Å². The van der Waals surface area contributed by atoms with E-state index in [9.17, 15) is 48.6 Å². The van der Waals surface area contributed by atoms with Crippen LogP contribution in [0.1, 0.15) is 205 Å². The Kier molecular flexibility index (Phi) is 58.8. The molecule has 2 N–H and O–H groups in total. The maximum absolute atomic E-state index is 12.4. The van der Waals surface area contributed by atoms with Crippen molar-refractivity contribution in [3.8, 4) is 0 Å². The summed E-state index contributed by atoms with van der Waals surface area (Å²) in [4.78, 5) is 93.0. The maximum Gasteiger partial charge on any atom is 0.310 e. The highest BCUT2D eigenvalue weighted by atomic mass is 28.4. The zero-order chi connectivity index (χ0) is 87.1. The first kappa shape index (κ1) is 114. The minimum absolute atomic E-state index is 0. The van der Waals surface area contributed by atoms with Crippen LogP contribution in [-0.4, -0.2) is 203 Å². The number of aliphatic carboxylic acids is 2. The monoisotopic (exact) mass is 1770 g/mol. The second-order valence-corrected chi connectivity index (χ2v) is 73.5. The van der Waals surface area contributed by atoms with Crippen molar-refractivity contribution in [2.45, 2.75) is 358 Å². The highest BCUT2D eigenvalue weighted by Crippen LogP contribution is 2.49. The van der Waals surface area contributed by atoms with Gasteiger partial charge in [0.15, 0.2) is 66.5 Å². The molecule has 0 spiro atoms. The van der Waals surface area contributed by atoms with Crippen molar-refractivity contribution >= 4 is 114 Å². The molecule has 3 aliphatic rings. The molecule has 0 saturated heterocycles. The van der Waals surface area contributed by atoms with Crippen LogP contribution in [0.4, 0.5) is 0 Å². The molecular weight excluding hydrogens is 1600 g/mol. The summed E-state index contributed by atoms with van der Waals surface area (Å²) >= 11 is 0. The summed E-state index contributed by atoms with van der Waals surface area (Å²) in [5, 5.41) is 18.8. The number of rotatable bonds is 60. The third kappa shape index (κ3) is 58.1. The number of hydrogen-bond donors (Lipinski definition) is 2. The van der Waals surface area contributed by atoms with E-state index in [4.69, 9.17) is 54.4 Å². The van der Waals surface area contributed by atoms with Crippen LogP contribution in [0.2, 0.25) is 153 Å². The van der Waals surface area contributed by atoms with E-state index in [0.29, 0.717) is 97.3 Å². The number of esters is 4. The number of allylic oxidation sites excluding steroid dienone is 2. The number of carboxylic acids is 2. The quantitative estimate of drug-likeness (QED) is 0.0188. The second kappa shape index (κ2) is 59.2. The van der Waals surface area contributed by atoms with E-state index in [1.54, 1.807) is 6.92 Å². The van der Waals surface area contributed by atoms with Gasteiger partial charge in [0.1, 0.15) is 38.0 Å². The van der Waals surface area contributed by atoms with E-state index in [1.807, 2.05) is 32.9 Å². The van der Waals surface area contributed by atoms with E-state index in [0.717, 1.165) is 62.7 Å². The van der Waals surface area contributed by atoms with Crippen molar-refractivity contribution in [1.29, 1.82) is 0 Å². The Morgan fingerprint density at radius 2 is 0.678 bits per heavy atom. The van der Waals surface area contributed by atoms with Crippen molar-refractivity contribution in [3.05, 3.63) is 12.2 Å². The molecule has 676 valence electrons. The first-order chi connectivity index (χ1) is 52.9. The number of ether oxygens (including phenoxy) is 8. The van der Waals surface area contributed by atoms with Crippen LogP contribution in [0.3, 0.4) is 0 Å². The molecule has 3 aliphatic carbocycles. The molecule has 0 aromatic heterocycles. The van der Waals surface area contributed by atoms with Crippen molar-refractivity contribution in [3.63, 3.8) is 0 Å². The summed E-state index contributed by atoms with van der Waals surface area (Å²) in [6.07, 6.45) is 22.4. The Balaban J connectivity index is 0. The molecule has 115 heavy (non-hydrogen) atoms. The summed E-state index contributed by atoms with van der Waals surface area (Å²) in [6.45, 7) is 59.9. The van der Waals surface area contributed by atoms with Crippen LogP contribution in [-0.2, 0) is 92.7 Å². The van der Waals surface area contributed by atoms with Gasteiger partial charge in [-0.3, -0.25) is 28.8 Å². The highest BCUT2D eigenvalue weighted by molar-refractivity contribution is 6.86. The van der Waals surface area contributed by atoms with E-state index >= 15 is 0 Å². The molecule has 0 aromatic rings. The number of carbonyl (C=O) groups excluding carboxylic acids is 6. The molecule has 0 aliphatic heterocycles. The van der Waals surface area contributed by atoms with Gasteiger partial charge in [0, 0.05) is 45.7 Å². The Labute approximate surface area is 708 Å². The normalized spacial score (nSPS) is 18.5. The lowest BCUT2D eigenvalue weighted by Crippen LogP contribution is -2.44. The first-order valence-electron chi connectivity index (χ1n) is 43.8. The van der Waals surface area contributed by atoms with Crippen LogP contribution in [0.5, 0.6) is 0 Å². The Bertz CT molecular complexity index is 2760. The molecule has 0 radical (unpaired) electrons. The average Bonchev–Trinajstić information content (AvgIpc) is 1.62. The fraction of sp³-hybridized carbons (Fsp3) is 0.882. The molecule has 0 heterocycles. The van der Waals surface area contributed by atoms with Gasteiger partial charge in [-0.25, -0.2) is 0 Å². The molecule has 7 unspecified atom stereocenters. The molecule has 7 atom stereocenters. The fourth-order valence-electron chi connectivity index (χ4n) is 15.8. The number of Topliss-reactive ketones (excluding diaryl/α,β-unsaturated/α-hetero) is 2. The molecule has 30 heteroatoms. The molecule has 2 saturated carbocycles. The van der Waals surface area contributed by atoms with Gasteiger partial charge in [-0.15, -0.1) is 0 Å². The maximum atomic E-state index is 12.4. The van der Waals surface area contributed by atoms with Gasteiger partial charge in [0.05, 0.1) is 56.5 Å². The third-order valence-electron chi connectivity index (χ3n) is 20.9. The number of unbranched alkanes of at least 4 members (excludes halogenated alkanes) is 4. The lowest BCUT2D eigenvalue weighted by Gasteiger charge is -2.34. The fourth-order valence-corrected chi connectivity index (χ4v) is 51.8. The standard InChI is InChI=1S/C22H40O6Si2.C22H44O6Si2.C21H44O5Si2.C19H40O5Si2.CH4/c1-6-7-14-29(2,3)28-30(4,5)15-8-11-26-12-13-27-22(25)20-18-10-9-17(16-18)19(20)21(23)24;1-7-8-15-29(3,4)28-30(5,6)16-9-12-26-13-14-27-22(25)19-11-10-18(2)17-20(19)21(23)24;1-9-10-15-27(5,6)26-28(7,8)16-11-12-24-13-14-25-20(23)18-21(3,4)17-19(2)22;1-7-8-16-25(3,4)24-26(5,6)17-10-13-22-14-15-23-19(21)12-9-11-18(2)20;/h9-10,17-20H,6-8,11-16H2,1-5H3,(H,23,24);18-20H,7-17H2,1-6H3,(H,23,24);9-18H2,1-8H3;7-17H2,1-6H3;1H4. The molecule has 2 fully saturated rings. The summed E-state index contributed by atoms with van der Waals surface area (Å²) < 4.78 is 69.8. The average molecular weight is 1770 g/mol. The summed E-state index contributed by atoms with van der Waals surface area (Å²) in [7, 11) is -12.9. The van der Waals surface area contributed by atoms with Crippen LogP contribution in [0.25, 0.3) is 0 Å². The number of hydrogen-bond acceptors (Lipinski definition) is 20. The van der Waals surface area contributed by atoms with Gasteiger partial charge in [-0.05, 0) is 248 Å². The second-order valence-electron chi connectivity index (χ2n) is 38.1. The zero-order valence-corrected chi connectivity index (χ0v) is 84.7. The molecule has 0 amide bonds.